The van der Waals surface area contributed by atoms with Crippen LogP contribution in [0, 0.1) is 0 Å². The summed E-state index contributed by atoms with van der Waals surface area (Å²) in [6.45, 7) is 2.56. The second-order valence-corrected chi connectivity index (χ2v) is 6.00. The van der Waals surface area contributed by atoms with Gasteiger partial charge in [0.2, 0.25) is 0 Å². The summed E-state index contributed by atoms with van der Waals surface area (Å²) in [5.74, 6) is 0.0726. The lowest BCUT2D eigenvalue weighted by molar-refractivity contribution is -0.143. The fourth-order valence-electron chi connectivity index (χ4n) is 1.69. The maximum absolute atomic E-state index is 12.2. The van der Waals surface area contributed by atoms with Crippen LogP contribution in [0.4, 0.5) is 0 Å². The van der Waals surface area contributed by atoms with Crippen LogP contribution in [0.3, 0.4) is 0 Å². The average molecular weight is 325 g/mol. The molecule has 0 saturated carbocycles. The number of thiocarbonyl (C=S) groups is 1. The molecule has 112 valence electrons. The van der Waals surface area contributed by atoms with E-state index in [-0.39, 0.29) is 24.8 Å². The molecule has 5 nitrogen and oxygen atoms in total. The van der Waals surface area contributed by atoms with Crippen LogP contribution in [-0.4, -0.2) is 34.2 Å². The van der Waals surface area contributed by atoms with E-state index in [1.165, 1.54) is 22.9 Å². The van der Waals surface area contributed by atoms with Crippen molar-refractivity contribution in [2.75, 3.05) is 13.2 Å². The molecule has 0 bridgehead atoms. The third-order valence-electron chi connectivity index (χ3n) is 2.70. The van der Waals surface area contributed by atoms with Crippen molar-refractivity contribution in [2.45, 2.75) is 19.8 Å². The number of carbonyl (C=O) groups excluding carboxylic acids is 2. The first-order chi connectivity index (χ1) is 10.1. The highest BCUT2D eigenvalue weighted by atomic mass is 32.2. The average Bonchev–Trinajstić information content (AvgIpc) is 3.05. The molecule has 7 heteroatoms. The van der Waals surface area contributed by atoms with Crippen molar-refractivity contribution in [3.8, 4) is 0 Å². The van der Waals surface area contributed by atoms with Crippen molar-refractivity contribution in [2.24, 2.45) is 0 Å². The summed E-state index contributed by atoms with van der Waals surface area (Å²) in [5, 5.41) is 0. The molecule has 1 fully saturated rings. The molecule has 1 aromatic heterocycles. The van der Waals surface area contributed by atoms with Gasteiger partial charge in [0.25, 0.3) is 5.91 Å². The summed E-state index contributed by atoms with van der Waals surface area (Å²) in [5.41, 5.74) is 0. The van der Waals surface area contributed by atoms with Crippen LogP contribution in [-0.2, 0) is 14.3 Å². The quantitative estimate of drug-likeness (QED) is 0.455. The summed E-state index contributed by atoms with van der Waals surface area (Å²) < 4.78 is 10.6. The molecule has 1 aliphatic heterocycles. The van der Waals surface area contributed by atoms with Crippen molar-refractivity contribution in [1.29, 1.82) is 0 Å². The first-order valence-corrected chi connectivity index (χ1v) is 7.78. The Balaban J connectivity index is 1.94. The van der Waals surface area contributed by atoms with Gasteiger partial charge in [0.1, 0.15) is 10.1 Å². The maximum Gasteiger partial charge on any atom is 0.307 e. The van der Waals surface area contributed by atoms with Crippen LogP contribution < -0.4 is 0 Å². The van der Waals surface area contributed by atoms with Crippen LogP contribution in [0.2, 0.25) is 0 Å². The number of esters is 1. The van der Waals surface area contributed by atoms with Gasteiger partial charge in [-0.2, -0.15) is 0 Å². The van der Waals surface area contributed by atoms with Gasteiger partial charge in [-0.25, -0.2) is 0 Å². The zero-order chi connectivity index (χ0) is 15.2. The van der Waals surface area contributed by atoms with Crippen molar-refractivity contribution in [3.05, 3.63) is 29.1 Å². The van der Waals surface area contributed by atoms with E-state index in [2.05, 4.69) is 0 Å². The van der Waals surface area contributed by atoms with E-state index in [4.69, 9.17) is 21.4 Å². The smallest absolute Gasteiger partial charge is 0.307 e. The number of hydrogen-bond donors (Lipinski definition) is 0. The zero-order valence-electron chi connectivity index (χ0n) is 11.5. The minimum Gasteiger partial charge on any atom is -0.466 e. The SMILES string of the molecule is CCCOC(=O)CCN1C(=O)C(=Cc2ccco2)SC1=S. The zero-order valence-corrected chi connectivity index (χ0v) is 13.2. The van der Waals surface area contributed by atoms with Crippen LogP contribution in [0.25, 0.3) is 6.08 Å². The lowest BCUT2D eigenvalue weighted by Crippen LogP contribution is -2.30. The number of hydrogen-bond acceptors (Lipinski definition) is 6. The monoisotopic (exact) mass is 325 g/mol. The second kappa shape index (κ2) is 7.42. The summed E-state index contributed by atoms with van der Waals surface area (Å²) >= 11 is 6.38. The molecule has 0 N–H and O–H groups in total. The molecule has 21 heavy (non-hydrogen) atoms. The van der Waals surface area contributed by atoms with E-state index < -0.39 is 0 Å². The minimum absolute atomic E-state index is 0.139. The van der Waals surface area contributed by atoms with Gasteiger partial charge in [0, 0.05) is 12.6 Å². The molecule has 1 saturated heterocycles. The van der Waals surface area contributed by atoms with Crippen LogP contribution >= 0.6 is 24.0 Å². The Labute approximate surface area is 132 Å². The Bertz CT molecular complexity index is 566. The van der Waals surface area contributed by atoms with Crippen molar-refractivity contribution < 1.29 is 18.7 Å². The highest BCUT2D eigenvalue weighted by Crippen LogP contribution is 2.32. The molecular formula is C14H15NO4S2. The van der Waals surface area contributed by atoms with Crippen LogP contribution in [0.15, 0.2) is 27.7 Å². The number of amides is 1. The third-order valence-corrected chi connectivity index (χ3v) is 4.07. The fourth-order valence-corrected chi connectivity index (χ4v) is 2.98. The fraction of sp³-hybridized carbons (Fsp3) is 0.357. The van der Waals surface area contributed by atoms with Gasteiger partial charge in [-0.3, -0.25) is 14.5 Å². The van der Waals surface area contributed by atoms with Gasteiger partial charge in [-0.15, -0.1) is 0 Å². The lowest BCUT2D eigenvalue weighted by Gasteiger charge is -2.13. The Kier molecular flexibility index (Phi) is 5.58. The highest BCUT2D eigenvalue weighted by molar-refractivity contribution is 8.26. The largest absolute Gasteiger partial charge is 0.466 e. The molecule has 0 atom stereocenters. The molecule has 2 rings (SSSR count). The topological polar surface area (TPSA) is 59.8 Å². The van der Waals surface area contributed by atoms with E-state index in [1.54, 1.807) is 18.2 Å². The van der Waals surface area contributed by atoms with Gasteiger partial charge in [0.15, 0.2) is 0 Å². The Morgan fingerprint density at radius 3 is 3.05 bits per heavy atom. The van der Waals surface area contributed by atoms with Crippen molar-refractivity contribution >= 4 is 46.3 Å². The predicted octanol–water partition coefficient (Wildman–Crippen LogP) is 2.82. The number of ether oxygens (including phenoxy) is 1. The standard InChI is InChI=1S/C14H15NO4S2/c1-2-7-19-12(16)5-6-15-13(17)11(21-14(15)20)9-10-4-3-8-18-10/h3-4,8-9H,2,5-7H2,1H3. The number of rotatable bonds is 6. The Morgan fingerprint density at radius 1 is 1.57 bits per heavy atom. The second-order valence-electron chi connectivity index (χ2n) is 4.32. The van der Waals surface area contributed by atoms with E-state index in [9.17, 15) is 9.59 Å². The maximum atomic E-state index is 12.2. The highest BCUT2D eigenvalue weighted by Gasteiger charge is 2.32. The first-order valence-electron chi connectivity index (χ1n) is 6.56. The first kappa shape index (κ1) is 15.8. The number of nitrogens with zero attached hydrogens (tertiary/aromatic N) is 1. The Morgan fingerprint density at radius 2 is 2.38 bits per heavy atom. The van der Waals surface area contributed by atoms with Gasteiger partial charge in [0.05, 0.1) is 24.2 Å². The molecule has 0 unspecified atom stereocenters. The molecule has 0 aromatic carbocycles. The predicted molar refractivity (Wildman–Crippen MR) is 84.5 cm³/mol. The van der Waals surface area contributed by atoms with E-state index >= 15 is 0 Å². The summed E-state index contributed by atoms with van der Waals surface area (Å²) in [4.78, 5) is 25.6. The normalized spacial score (nSPS) is 16.8. The third kappa shape index (κ3) is 4.18. The van der Waals surface area contributed by atoms with Crippen molar-refractivity contribution in [1.82, 2.24) is 4.90 Å². The number of carbonyl (C=O) groups is 2. The van der Waals surface area contributed by atoms with Gasteiger partial charge in [-0.05, 0) is 18.6 Å². The summed E-state index contributed by atoms with van der Waals surface area (Å²) in [7, 11) is 0. The van der Waals surface area contributed by atoms with Gasteiger partial charge in [-0.1, -0.05) is 30.9 Å². The molecule has 1 aromatic rings. The lowest BCUT2D eigenvalue weighted by atomic mass is 10.3. The minimum atomic E-state index is -0.319. The number of thioether (sulfide) groups is 1. The van der Waals surface area contributed by atoms with E-state index in [0.717, 1.165) is 6.42 Å². The van der Waals surface area contributed by atoms with Gasteiger partial charge >= 0.3 is 5.97 Å². The molecular weight excluding hydrogens is 310 g/mol. The van der Waals surface area contributed by atoms with Crippen molar-refractivity contribution in [3.63, 3.8) is 0 Å². The molecule has 0 spiro atoms. The summed E-state index contributed by atoms with van der Waals surface area (Å²) in [6.07, 6.45) is 4.10. The Hall–Kier alpha value is -1.60. The van der Waals surface area contributed by atoms with Crippen LogP contribution in [0.1, 0.15) is 25.5 Å². The molecule has 1 aliphatic rings. The van der Waals surface area contributed by atoms with Crippen LogP contribution in [0.5, 0.6) is 0 Å². The molecule has 0 aliphatic carbocycles. The summed E-state index contributed by atoms with van der Waals surface area (Å²) in [6, 6.07) is 3.50. The molecule has 0 radical (unpaired) electrons. The van der Waals surface area contributed by atoms with Gasteiger partial charge < -0.3 is 9.15 Å². The number of furan rings is 1. The molecule has 2 heterocycles. The van der Waals surface area contributed by atoms with E-state index in [0.29, 0.717) is 21.6 Å². The van der Waals surface area contributed by atoms with E-state index in [1.807, 2.05) is 6.92 Å². The molecule has 1 amide bonds.